The van der Waals surface area contributed by atoms with Crippen molar-refractivity contribution in [3.05, 3.63) is 36.4 Å². The summed E-state index contributed by atoms with van der Waals surface area (Å²) in [6.45, 7) is 2.60. The van der Waals surface area contributed by atoms with Crippen LogP contribution < -0.4 is 0 Å². The summed E-state index contributed by atoms with van der Waals surface area (Å²) in [4.78, 5) is 11.6. The Morgan fingerprint density at radius 1 is 1.53 bits per heavy atom. The van der Waals surface area contributed by atoms with Crippen LogP contribution in [-0.2, 0) is 17.7 Å². The molecule has 0 unspecified atom stereocenters. The number of imidazole rings is 2. The molecule has 2 aromatic rings. The van der Waals surface area contributed by atoms with Gasteiger partial charge in [-0.2, -0.15) is 0 Å². The van der Waals surface area contributed by atoms with Gasteiger partial charge in [-0.1, -0.05) is 0 Å². The number of nitrogens with one attached hydrogen (secondary N) is 1. The fourth-order valence-corrected chi connectivity index (χ4v) is 2.27. The molecule has 1 aliphatic rings. The van der Waals surface area contributed by atoms with Gasteiger partial charge < -0.3 is 14.3 Å². The zero-order valence-electron chi connectivity index (χ0n) is 9.67. The van der Waals surface area contributed by atoms with Crippen molar-refractivity contribution in [1.29, 1.82) is 0 Å². The van der Waals surface area contributed by atoms with E-state index in [1.807, 2.05) is 18.6 Å². The predicted octanol–water partition coefficient (Wildman–Crippen LogP) is 1.35. The van der Waals surface area contributed by atoms with Gasteiger partial charge in [-0.15, -0.1) is 0 Å². The monoisotopic (exact) mass is 232 g/mol. The number of aromatic amines is 1. The fraction of sp³-hybridized carbons (Fsp3) is 0.500. The molecule has 0 aliphatic carbocycles. The Kier molecular flexibility index (Phi) is 2.92. The number of aromatic nitrogens is 4. The van der Waals surface area contributed by atoms with E-state index in [-0.39, 0.29) is 0 Å². The summed E-state index contributed by atoms with van der Waals surface area (Å²) < 4.78 is 7.64. The maximum Gasteiger partial charge on any atom is 0.114 e. The van der Waals surface area contributed by atoms with Crippen molar-refractivity contribution >= 4 is 0 Å². The molecule has 1 aliphatic heterocycles. The summed E-state index contributed by atoms with van der Waals surface area (Å²) in [5, 5.41) is 0. The first kappa shape index (κ1) is 10.5. The highest BCUT2D eigenvalue weighted by Gasteiger charge is 2.21. The minimum atomic E-state index is 0.465. The van der Waals surface area contributed by atoms with Crippen molar-refractivity contribution in [1.82, 2.24) is 19.5 Å². The third kappa shape index (κ3) is 2.24. The van der Waals surface area contributed by atoms with Crippen molar-refractivity contribution in [2.75, 3.05) is 13.2 Å². The van der Waals surface area contributed by atoms with Gasteiger partial charge in [-0.25, -0.2) is 9.97 Å². The fourth-order valence-electron chi connectivity index (χ4n) is 2.27. The molecule has 1 N–H and O–H groups in total. The Morgan fingerprint density at radius 2 is 2.53 bits per heavy atom. The summed E-state index contributed by atoms with van der Waals surface area (Å²) in [5.41, 5.74) is 1.16. The Hall–Kier alpha value is -1.62. The SMILES string of the molecule is c1cn(CCc2cnc[nH]2)c([C@@H]2CCOC2)n1. The van der Waals surface area contributed by atoms with Crippen LogP contribution in [0.25, 0.3) is 0 Å². The molecule has 0 amide bonds. The van der Waals surface area contributed by atoms with E-state index in [9.17, 15) is 0 Å². The molecule has 90 valence electrons. The van der Waals surface area contributed by atoms with E-state index in [1.54, 1.807) is 6.33 Å². The van der Waals surface area contributed by atoms with Gasteiger partial charge in [-0.3, -0.25) is 0 Å². The lowest BCUT2D eigenvalue weighted by Gasteiger charge is -2.11. The van der Waals surface area contributed by atoms with E-state index < -0.39 is 0 Å². The zero-order valence-corrected chi connectivity index (χ0v) is 9.67. The van der Waals surface area contributed by atoms with Gasteiger partial charge in [0.05, 0.1) is 12.9 Å². The highest BCUT2D eigenvalue weighted by molar-refractivity contribution is 5.03. The molecule has 0 aromatic carbocycles. The minimum absolute atomic E-state index is 0.465. The number of H-pyrrole nitrogens is 1. The van der Waals surface area contributed by atoms with Crippen molar-refractivity contribution in [2.45, 2.75) is 25.3 Å². The molecule has 0 radical (unpaired) electrons. The topological polar surface area (TPSA) is 55.7 Å². The summed E-state index contributed by atoms with van der Waals surface area (Å²) >= 11 is 0. The summed E-state index contributed by atoms with van der Waals surface area (Å²) in [5.74, 6) is 1.62. The zero-order chi connectivity index (χ0) is 11.5. The van der Waals surface area contributed by atoms with E-state index in [2.05, 4.69) is 19.5 Å². The predicted molar refractivity (Wildman–Crippen MR) is 62.7 cm³/mol. The van der Waals surface area contributed by atoms with Crippen molar-refractivity contribution in [2.24, 2.45) is 0 Å². The quantitative estimate of drug-likeness (QED) is 0.865. The molecule has 5 heteroatoms. The molecule has 3 heterocycles. The number of ether oxygens (including phenoxy) is 1. The van der Waals surface area contributed by atoms with Crippen LogP contribution in [0.1, 0.15) is 23.9 Å². The highest BCUT2D eigenvalue weighted by atomic mass is 16.5. The van der Waals surface area contributed by atoms with Crippen LogP contribution in [0, 0.1) is 0 Å². The second-order valence-electron chi connectivity index (χ2n) is 4.37. The van der Waals surface area contributed by atoms with Crippen molar-refractivity contribution in [3.8, 4) is 0 Å². The molecule has 1 fully saturated rings. The van der Waals surface area contributed by atoms with Crippen LogP contribution in [0.5, 0.6) is 0 Å². The smallest absolute Gasteiger partial charge is 0.114 e. The number of hydrogen-bond acceptors (Lipinski definition) is 3. The van der Waals surface area contributed by atoms with Crippen LogP contribution >= 0.6 is 0 Å². The second-order valence-corrected chi connectivity index (χ2v) is 4.37. The second kappa shape index (κ2) is 4.71. The molecule has 0 spiro atoms. The molecule has 0 bridgehead atoms. The lowest BCUT2D eigenvalue weighted by molar-refractivity contribution is 0.192. The summed E-state index contributed by atoms with van der Waals surface area (Å²) in [6.07, 6.45) is 9.55. The molecular weight excluding hydrogens is 216 g/mol. The molecule has 1 saturated heterocycles. The standard InChI is InChI=1S/C12H16N4O/c1(11-7-13-9-15-11)4-16-5-3-14-12(16)10-2-6-17-8-10/h3,5,7,9-10H,1-2,4,6,8H2,(H,13,15)/t10-/m1/s1. The van der Waals surface area contributed by atoms with Gasteiger partial charge in [0.1, 0.15) is 5.82 Å². The van der Waals surface area contributed by atoms with Crippen LogP contribution in [0.3, 0.4) is 0 Å². The van der Waals surface area contributed by atoms with Gasteiger partial charge in [-0.05, 0) is 6.42 Å². The number of rotatable bonds is 4. The molecule has 0 saturated carbocycles. The number of hydrogen-bond donors (Lipinski definition) is 1. The molecule has 1 atom stereocenters. The highest BCUT2D eigenvalue weighted by Crippen LogP contribution is 2.23. The summed E-state index contributed by atoms with van der Waals surface area (Å²) in [7, 11) is 0. The van der Waals surface area contributed by atoms with Gasteiger partial charge in [0.2, 0.25) is 0 Å². The third-order valence-corrected chi connectivity index (χ3v) is 3.22. The third-order valence-electron chi connectivity index (χ3n) is 3.22. The van der Waals surface area contributed by atoms with E-state index >= 15 is 0 Å². The normalized spacial score (nSPS) is 19.9. The van der Waals surface area contributed by atoms with Gasteiger partial charge in [0.15, 0.2) is 0 Å². The number of aryl methyl sites for hydroxylation is 2. The first-order chi connectivity index (χ1) is 8.43. The molecular formula is C12H16N4O. The van der Waals surface area contributed by atoms with Crippen LogP contribution in [0.4, 0.5) is 0 Å². The molecule has 5 nitrogen and oxygen atoms in total. The maximum atomic E-state index is 5.42. The largest absolute Gasteiger partial charge is 0.381 e. The summed E-state index contributed by atoms with van der Waals surface area (Å²) in [6, 6.07) is 0. The average Bonchev–Trinajstić information content (AvgIpc) is 3.09. The van der Waals surface area contributed by atoms with E-state index in [0.717, 1.165) is 44.1 Å². The van der Waals surface area contributed by atoms with E-state index in [0.29, 0.717) is 5.92 Å². The van der Waals surface area contributed by atoms with E-state index in [4.69, 9.17) is 4.74 Å². The van der Waals surface area contributed by atoms with E-state index in [1.165, 1.54) is 0 Å². The van der Waals surface area contributed by atoms with Gasteiger partial charge >= 0.3 is 0 Å². The Bertz CT molecular complexity index is 457. The molecule has 3 rings (SSSR count). The Morgan fingerprint density at radius 3 is 3.29 bits per heavy atom. The Balaban J connectivity index is 1.68. The van der Waals surface area contributed by atoms with Crippen LogP contribution in [0.2, 0.25) is 0 Å². The molecule has 17 heavy (non-hydrogen) atoms. The van der Waals surface area contributed by atoms with Crippen LogP contribution in [-0.4, -0.2) is 32.7 Å². The van der Waals surface area contributed by atoms with Crippen molar-refractivity contribution in [3.63, 3.8) is 0 Å². The van der Waals surface area contributed by atoms with Crippen molar-refractivity contribution < 1.29 is 4.74 Å². The number of nitrogens with zero attached hydrogens (tertiary/aromatic N) is 3. The molecule has 2 aromatic heterocycles. The first-order valence-electron chi connectivity index (χ1n) is 5.99. The van der Waals surface area contributed by atoms with Gasteiger partial charge in [0.25, 0.3) is 0 Å². The Labute approximate surface area is 99.9 Å². The average molecular weight is 232 g/mol. The minimum Gasteiger partial charge on any atom is -0.381 e. The van der Waals surface area contributed by atoms with Gasteiger partial charge in [0, 0.05) is 49.8 Å². The first-order valence-corrected chi connectivity index (χ1v) is 5.99. The lowest BCUT2D eigenvalue weighted by atomic mass is 10.1. The maximum absolute atomic E-state index is 5.42. The van der Waals surface area contributed by atoms with Crippen LogP contribution in [0.15, 0.2) is 24.9 Å². The lowest BCUT2D eigenvalue weighted by Crippen LogP contribution is -2.10.